The van der Waals surface area contributed by atoms with Crippen LogP contribution in [0.25, 0.3) is 6.08 Å². The van der Waals surface area contributed by atoms with Crippen LogP contribution >= 0.6 is 0 Å². The van der Waals surface area contributed by atoms with Gasteiger partial charge in [0.2, 0.25) is 6.79 Å². The molecule has 1 aliphatic carbocycles. The van der Waals surface area contributed by atoms with Gasteiger partial charge in [0.25, 0.3) is 0 Å². The van der Waals surface area contributed by atoms with Gasteiger partial charge >= 0.3 is 0 Å². The van der Waals surface area contributed by atoms with Crippen molar-refractivity contribution in [3.8, 4) is 23.0 Å². The van der Waals surface area contributed by atoms with Gasteiger partial charge in [-0.15, -0.1) is 0 Å². The van der Waals surface area contributed by atoms with E-state index in [1.165, 1.54) is 16.7 Å². The van der Waals surface area contributed by atoms with Crippen LogP contribution in [0.3, 0.4) is 0 Å². The first-order chi connectivity index (χ1) is 12.7. The molecule has 0 amide bonds. The number of rotatable bonds is 2. The minimum Gasteiger partial charge on any atom is -0.493 e. The lowest BCUT2D eigenvalue weighted by atomic mass is 9.77. The molecule has 2 aliphatic heterocycles. The van der Waals surface area contributed by atoms with E-state index in [0.717, 1.165) is 28.6 Å². The fourth-order valence-electron chi connectivity index (χ4n) is 4.30. The molecule has 0 radical (unpaired) electrons. The van der Waals surface area contributed by atoms with Crippen LogP contribution in [0.4, 0.5) is 0 Å². The molecule has 0 bridgehead atoms. The summed E-state index contributed by atoms with van der Waals surface area (Å²) < 4.78 is 24.5. The van der Waals surface area contributed by atoms with E-state index in [1.807, 2.05) is 6.07 Å². The molecule has 5 heteroatoms. The fraction of sp³-hybridized carbons (Fsp3) is 0.286. The van der Waals surface area contributed by atoms with Crippen LogP contribution in [-0.4, -0.2) is 38.9 Å². The van der Waals surface area contributed by atoms with E-state index < -0.39 is 0 Å². The van der Waals surface area contributed by atoms with Gasteiger partial charge < -0.3 is 18.9 Å². The molecule has 26 heavy (non-hydrogen) atoms. The summed E-state index contributed by atoms with van der Waals surface area (Å²) in [6, 6.07) is 8.52. The zero-order chi connectivity index (χ0) is 17.8. The molecule has 2 atom stereocenters. The van der Waals surface area contributed by atoms with Crippen molar-refractivity contribution < 1.29 is 23.5 Å². The molecule has 132 valence electrons. The second-order valence-electron chi connectivity index (χ2n) is 6.76. The third-order valence-corrected chi connectivity index (χ3v) is 5.47. The van der Waals surface area contributed by atoms with Gasteiger partial charge in [-0.25, -0.2) is 4.58 Å². The third kappa shape index (κ3) is 2.00. The summed E-state index contributed by atoms with van der Waals surface area (Å²) >= 11 is 0. The summed E-state index contributed by atoms with van der Waals surface area (Å²) in [5.41, 5.74) is 4.75. The Morgan fingerprint density at radius 2 is 1.85 bits per heavy atom. The Kier molecular flexibility index (Phi) is 3.26. The normalized spacial score (nSPS) is 21.4. The maximum Gasteiger partial charge on any atom is 0.231 e. The van der Waals surface area contributed by atoms with E-state index in [-0.39, 0.29) is 18.8 Å². The molecule has 2 aromatic rings. The van der Waals surface area contributed by atoms with Crippen molar-refractivity contribution in [3.63, 3.8) is 0 Å². The van der Waals surface area contributed by atoms with Crippen molar-refractivity contribution >= 4 is 12.3 Å². The number of nitrogens with zero attached hydrogens (tertiary/aromatic N) is 1. The summed E-state index contributed by atoms with van der Waals surface area (Å²) in [6.45, 7) is 0.290. The Hall–Kier alpha value is -2.95. The highest BCUT2D eigenvalue weighted by Gasteiger charge is 2.41. The molecule has 0 saturated heterocycles. The molecular formula is C21H20NO4+. The first kappa shape index (κ1) is 15.3. The van der Waals surface area contributed by atoms with Crippen molar-refractivity contribution in [1.82, 2.24) is 0 Å². The van der Waals surface area contributed by atoms with E-state index >= 15 is 0 Å². The fourth-order valence-corrected chi connectivity index (χ4v) is 4.30. The Morgan fingerprint density at radius 1 is 1.04 bits per heavy atom. The molecule has 2 aromatic carbocycles. The van der Waals surface area contributed by atoms with Gasteiger partial charge in [-0.3, -0.25) is 0 Å². The molecule has 0 saturated carbocycles. The van der Waals surface area contributed by atoms with Crippen LogP contribution in [0, 0.1) is 0 Å². The van der Waals surface area contributed by atoms with Crippen molar-refractivity contribution in [2.45, 2.75) is 12.0 Å². The van der Waals surface area contributed by atoms with E-state index in [4.69, 9.17) is 18.9 Å². The Balaban J connectivity index is 1.69. The van der Waals surface area contributed by atoms with E-state index in [0.29, 0.717) is 0 Å². The summed E-state index contributed by atoms with van der Waals surface area (Å²) in [7, 11) is 5.46. The van der Waals surface area contributed by atoms with Crippen LogP contribution in [-0.2, 0) is 0 Å². The average molecular weight is 350 g/mol. The molecule has 0 spiro atoms. The largest absolute Gasteiger partial charge is 0.493 e. The summed E-state index contributed by atoms with van der Waals surface area (Å²) in [4.78, 5) is 0. The molecule has 0 N–H and O–H groups in total. The standard InChI is InChI=1S/C21H20NO4/c1-22-10-16-13(6-7-17(23-2)21(16)24-3)14-5-4-12-8-18-19(26-11-25-18)9-15(12)20(14)22/h4-10,14,20H,11H2,1-3H3/q+1. The number of hydrogen-bond donors (Lipinski definition) is 0. The number of hydrogen-bond acceptors (Lipinski definition) is 4. The predicted molar refractivity (Wildman–Crippen MR) is 98.0 cm³/mol. The lowest BCUT2D eigenvalue weighted by Gasteiger charge is -2.31. The quantitative estimate of drug-likeness (QED) is 0.779. The molecule has 0 aromatic heterocycles. The molecule has 2 heterocycles. The number of methoxy groups -OCH3 is 2. The van der Waals surface area contributed by atoms with Crippen LogP contribution < -0.4 is 18.9 Å². The maximum atomic E-state index is 5.65. The second-order valence-corrected chi connectivity index (χ2v) is 6.76. The first-order valence-electron chi connectivity index (χ1n) is 8.64. The van der Waals surface area contributed by atoms with E-state index in [1.54, 1.807) is 14.2 Å². The zero-order valence-corrected chi connectivity index (χ0v) is 15.0. The van der Waals surface area contributed by atoms with Gasteiger partial charge in [-0.05, 0) is 29.3 Å². The minimum absolute atomic E-state index is 0.204. The van der Waals surface area contributed by atoms with E-state index in [9.17, 15) is 0 Å². The minimum atomic E-state index is 0.204. The van der Waals surface area contributed by atoms with Gasteiger partial charge in [-0.2, -0.15) is 0 Å². The first-order valence-corrected chi connectivity index (χ1v) is 8.64. The lowest BCUT2D eigenvalue weighted by molar-refractivity contribution is -0.544. The van der Waals surface area contributed by atoms with Gasteiger partial charge in [0, 0.05) is 5.56 Å². The van der Waals surface area contributed by atoms with Crippen LogP contribution in [0.1, 0.15) is 34.2 Å². The van der Waals surface area contributed by atoms with Crippen molar-refractivity contribution in [1.29, 1.82) is 0 Å². The Bertz CT molecular complexity index is 976. The third-order valence-electron chi connectivity index (χ3n) is 5.47. The lowest BCUT2D eigenvalue weighted by Crippen LogP contribution is -2.30. The van der Waals surface area contributed by atoms with Gasteiger partial charge in [0.05, 0.1) is 25.7 Å². The average Bonchev–Trinajstić information content (AvgIpc) is 3.12. The highest BCUT2D eigenvalue weighted by atomic mass is 16.7. The SMILES string of the molecule is COc1ccc2c(c1OC)C=[N+](C)C1c3cc4c(cc3C=CC21)OCO4. The van der Waals surface area contributed by atoms with E-state index in [2.05, 4.69) is 48.2 Å². The second kappa shape index (κ2) is 5.53. The highest BCUT2D eigenvalue weighted by Crippen LogP contribution is 2.49. The van der Waals surface area contributed by atoms with Gasteiger partial charge in [-0.1, -0.05) is 18.2 Å². The number of likely N-dealkylation sites (N-methyl/N-ethyl adjacent to an activating group) is 1. The van der Waals surface area contributed by atoms with Crippen molar-refractivity contribution in [2.75, 3.05) is 28.1 Å². The topological polar surface area (TPSA) is 39.9 Å². The van der Waals surface area contributed by atoms with Crippen LogP contribution in [0.15, 0.2) is 30.3 Å². The monoisotopic (exact) mass is 350 g/mol. The number of fused-ring (bicyclic) bond motifs is 6. The number of benzene rings is 2. The molecule has 2 unspecified atom stereocenters. The highest BCUT2D eigenvalue weighted by molar-refractivity contribution is 5.86. The summed E-state index contributed by atoms with van der Waals surface area (Å²) in [6.07, 6.45) is 6.59. The smallest absolute Gasteiger partial charge is 0.231 e. The van der Waals surface area contributed by atoms with Crippen molar-refractivity contribution in [3.05, 3.63) is 52.6 Å². The molecule has 3 aliphatic rings. The summed E-state index contributed by atoms with van der Waals surface area (Å²) in [5.74, 6) is 3.40. The summed E-state index contributed by atoms with van der Waals surface area (Å²) in [5, 5.41) is 0. The molecule has 5 rings (SSSR count). The van der Waals surface area contributed by atoms with Crippen LogP contribution in [0.5, 0.6) is 23.0 Å². The molecular weight excluding hydrogens is 330 g/mol. The Labute approximate surface area is 152 Å². The van der Waals surface area contributed by atoms with Gasteiger partial charge in [0.1, 0.15) is 7.05 Å². The zero-order valence-electron chi connectivity index (χ0n) is 15.0. The molecule has 0 fully saturated rings. The maximum absolute atomic E-state index is 5.65. The van der Waals surface area contributed by atoms with Crippen molar-refractivity contribution in [2.24, 2.45) is 0 Å². The predicted octanol–water partition coefficient (Wildman–Crippen LogP) is 3.36. The van der Waals surface area contributed by atoms with Crippen LogP contribution in [0.2, 0.25) is 0 Å². The molecule has 5 nitrogen and oxygen atoms in total. The van der Waals surface area contributed by atoms with Gasteiger partial charge in [0.15, 0.2) is 35.3 Å². The Morgan fingerprint density at radius 3 is 2.62 bits per heavy atom. The number of ether oxygens (including phenoxy) is 4.